The molecule has 1 aliphatic rings. The molecule has 0 saturated heterocycles. The molecule has 1 heterocycles. The van der Waals surface area contributed by atoms with Gasteiger partial charge in [-0.05, 0) is 12.8 Å². The molecule has 1 aromatic rings. The summed E-state index contributed by atoms with van der Waals surface area (Å²) in [7, 11) is 0. The van der Waals surface area contributed by atoms with E-state index < -0.39 is 16.4 Å². The summed E-state index contributed by atoms with van der Waals surface area (Å²) in [6, 6.07) is 0. The van der Waals surface area contributed by atoms with Gasteiger partial charge in [-0.15, -0.1) is 0 Å². The van der Waals surface area contributed by atoms with Crippen molar-refractivity contribution < 1.29 is 9.72 Å². The first kappa shape index (κ1) is 8.67. The van der Waals surface area contributed by atoms with Crippen LogP contribution in [-0.2, 0) is 10.3 Å². The maximum Gasteiger partial charge on any atom is 0.307 e. The van der Waals surface area contributed by atoms with E-state index in [0.717, 1.165) is 6.20 Å². The summed E-state index contributed by atoms with van der Waals surface area (Å²) < 4.78 is 1.29. The zero-order valence-electron chi connectivity index (χ0n) is 7.21. The third kappa shape index (κ3) is 1.05. The Hall–Kier alpha value is -1.92. The van der Waals surface area contributed by atoms with Gasteiger partial charge in [0.25, 0.3) is 0 Å². The first-order valence-corrected chi connectivity index (χ1v) is 4.06. The van der Waals surface area contributed by atoms with Crippen molar-refractivity contribution in [3.05, 3.63) is 22.5 Å². The molecule has 0 atom stereocenters. The molecule has 7 nitrogen and oxygen atoms in total. The van der Waals surface area contributed by atoms with Crippen LogP contribution in [0.15, 0.2) is 12.4 Å². The second kappa shape index (κ2) is 2.53. The Morgan fingerprint density at radius 3 is 2.71 bits per heavy atom. The topological polar surface area (TPSA) is 104 Å². The molecular formula is C7H8N4O3. The molecule has 1 saturated carbocycles. The van der Waals surface area contributed by atoms with Gasteiger partial charge in [-0.2, -0.15) is 5.10 Å². The van der Waals surface area contributed by atoms with E-state index in [2.05, 4.69) is 5.10 Å². The van der Waals surface area contributed by atoms with Crippen molar-refractivity contribution in [1.82, 2.24) is 9.78 Å². The third-order valence-electron chi connectivity index (χ3n) is 2.40. The molecule has 0 radical (unpaired) electrons. The fourth-order valence-corrected chi connectivity index (χ4v) is 1.35. The molecule has 0 unspecified atom stereocenters. The predicted molar refractivity (Wildman–Crippen MR) is 45.3 cm³/mol. The zero-order chi connectivity index (χ0) is 10.3. The van der Waals surface area contributed by atoms with Gasteiger partial charge < -0.3 is 5.73 Å². The number of primary amides is 1. The summed E-state index contributed by atoms with van der Waals surface area (Å²) in [6.45, 7) is 0. The molecule has 14 heavy (non-hydrogen) atoms. The van der Waals surface area contributed by atoms with Crippen LogP contribution in [0.4, 0.5) is 5.69 Å². The maximum atomic E-state index is 11.1. The Balaban J connectivity index is 2.34. The highest BCUT2D eigenvalue weighted by Gasteiger charge is 2.51. The van der Waals surface area contributed by atoms with E-state index in [0.29, 0.717) is 12.8 Å². The molecule has 0 spiro atoms. The molecule has 0 aliphatic heterocycles. The van der Waals surface area contributed by atoms with E-state index in [9.17, 15) is 14.9 Å². The van der Waals surface area contributed by atoms with Crippen LogP contribution in [0.25, 0.3) is 0 Å². The summed E-state index contributed by atoms with van der Waals surface area (Å²) in [4.78, 5) is 20.9. The van der Waals surface area contributed by atoms with Crippen LogP contribution in [0.3, 0.4) is 0 Å². The van der Waals surface area contributed by atoms with E-state index >= 15 is 0 Å². The Kier molecular flexibility index (Phi) is 1.57. The van der Waals surface area contributed by atoms with Gasteiger partial charge in [0, 0.05) is 0 Å². The summed E-state index contributed by atoms with van der Waals surface area (Å²) >= 11 is 0. The number of amides is 1. The average molecular weight is 196 g/mol. The van der Waals surface area contributed by atoms with Gasteiger partial charge >= 0.3 is 5.69 Å². The first-order valence-electron chi connectivity index (χ1n) is 4.06. The number of hydrogen-bond donors (Lipinski definition) is 1. The summed E-state index contributed by atoms with van der Waals surface area (Å²) in [6.07, 6.45) is 3.54. The summed E-state index contributed by atoms with van der Waals surface area (Å²) in [5.41, 5.74) is 4.24. The fraction of sp³-hybridized carbons (Fsp3) is 0.429. The number of aromatic nitrogens is 2. The molecule has 2 N–H and O–H groups in total. The highest BCUT2D eigenvalue weighted by atomic mass is 16.6. The van der Waals surface area contributed by atoms with Crippen LogP contribution in [0, 0.1) is 10.1 Å². The number of rotatable bonds is 3. The van der Waals surface area contributed by atoms with Crippen LogP contribution < -0.4 is 5.73 Å². The Morgan fingerprint density at radius 1 is 1.71 bits per heavy atom. The van der Waals surface area contributed by atoms with Crippen molar-refractivity contribution in [3.63, 3.8) is 0 Å². The quantitative estimate of drug-likeness (QED) is 0.532. The second-order valence-electron chi connectivity index (χ2n) is 3.30. The predicted octanol–water partition coefficient (Wildman–Crippen LogP) is -0.234. The second-order valence-corrected chi connectivity index (χ2v) is 3.30. The van der Waals surface area contributed by atoms with Gasteiger partial charge in [0.1, 0.15) is 17.9 Å². The third-order valence-corrected chi connectivity index (χ3v) is 2.40. The van der Waals surface area contributed by atoms with Crippen molar-refractivity contribution in [2.24, 2.45) is 5.73 Å². The lowest BCUT2D eigenvalue weighted by Crippen LogP contribution is -2.34. The SMILES string of the molecule is NC(=O)C1(n2cc([N+](=O)[O-])cn2)CC1. The van der Waals surface area contributed by atoms with Crippen LogP contribution >= 0.6 is 0 Å². The van der Waals surface area contributed by atoms with Gasteiger partial charge in [-0.3, -0.25) is 19.6 Å². The van der Waals surface area contributed by atoms with Crippen LogP contribution in [0.5, 0.6) is 0 Å². The highest BCUT2D eigenvalue weighted by Crippen LogP contribution is 2.43. The van der Waals surface area contributed by atoms with E-state index in [1.165, 1.54) is 10.9 Å². The van der Waals surface area contributed by atoms with Crippen molar-refractivity contribution in [2.45, 2.75) is 18.4 Å². The van der Waals surface area contributed by atoms with E-state index in [1.54, 1.807) is 0 Å². The summed E-state index contributed by atoms with van der Waals surface area (Å²) in [5, 5.41) is 14.1. The fourth-order valence-electron chi connectivity index (χ4n) is 1.35. The molecule has 1 amide bonds. The summed E-state index contributed by atoms with van der Waals surface area (Å²) in [5.74, 6) is -0.490. The van der Waals surface area contributed by atoms with Gasteiger partial charge in [0.2, 0.25) is 5.91 Å². The molecule has 74 valence electrons. The molecule has 1 aromatic heterocycles. The first-order chi connectivity index (χ1) is 6.56. The largest absolute Gasteiger partial charge is 0.368 e. The molecule has 0 aromatic carbocycles. The van der Waals surface area contributed by atoms with E-state index in [4.69, 9.17) is 5.73 Å². The van der Waals surface area contributed by atoms with Gasteiger partial charge in [-0.25, -0.2) is 0 Å². The normalized spacial score (nSPS) is 17.7. The van der Waals surface area contributed by atoms with Gasteiger partial charge in [0.05, 0.1) is 4.92 Å². The van der Waals surface area contributed by atoms with Crippen LogP contribution in [0.1, 0.15) is 12.8 Å². The van der Waals surface area contributed by atoms with Crippen LogP contribution in [0.2, 0.25) is 0 Å². The minimum absolute atomic E-state index is 0.127. The molecule has 1 aliphatic carbocycles. The Labute approximate surface area is 78.6 Å². The number of carbonyl (C=O) groups excluding carboxylic acids is 1. The lowest BCUT2D eigenvalue weighted by molar-refractivity contribution is -0.385. The number of hydrogen-bond acceptors (Lipinski definition) is 4. The van der Waals surface area contributed by atoms with Crippen LogP contribution in [-0.4, -0.2) is 20.6 Å². The Bertz CT molecular complexity index is 407. The highest BCUT2D eigenvalue weighted by molar-refractivity contribution is 5.85. The molecule has 0 bridgehead atoms. The maximum absolute atomic E-state index is 11.1. The lowest BCUT2D eigenvalue weighted by atomic mass is 10.3. The number of nitrogens with two attached hydrogens (primary N) is 1. The zero-order valence-corrected chi connectivity index (χ0v) is 7.21. The number of carbonyl (C=O) groups is 1. The number of nitro groups is 1. The standard InChI is InChI=1S/C7H8N4O3/c8-6(12)7(1-2-7)10-4-5(3-9-10)11(13)14/h3-4H,1-2H2,(H2,8,12). The van der Waals surface area contributed by atoms with Crippen molar-refractivity contribution >= 4 is 11.6 Å². The number of nitrogens with zero attached hydrogens (tertiary/aromatic N) is 3. The van der Waals surface area contributed by atoms with Gasteiger partial charge in [0.15, 0.2) is 0 Å². The Morgan fingerprint density at radius 2 is 2.36 bits per heavy atom. The minimum Gasteiger partial charge on any atom is -0.368 e. The smallest absolute Gasteiger partial charge is 0.307 e. The minimum atomic E-state index is -0.811. The average Bonchev–Trinajstić information content (AvgIpc) is 2.77. The van der Waals surface area contributed by atoms with Crippen molar-refractivity contribution in [3.8, 4) is 0 Å². The van der Waals surface area contributed by atoms with Gasteiger partial charge in [-0.1, -0.05) is 0 Å². The molecule has 2 rings (SSSR count). The van der Waals surface area contributed by atoms with Crippen molar-refractivity contribution in [1.29, 1.82) is 0 Å². The molecule has 7 heteroatoms. The van der Waals surface area contributed by atoms with E-state index in [1.807, 2.05) is 0 Å². The molecular weight excluding hydrogens is 188 g/mol. The molecule has 1 fully saturated rings. The van der Waals surface area contributed by atoms with Crippen molar-refractivity contribution in [2.75, 3.05) is 0 Å². The monoisotopic (exact) mass is 196 g/mol. The van der Waals surface area contributed by atoms with E-state index in [-0.39, 0.29) is 5.69 Å². The lowest BCUT2D eigenvalue weighted by Gasteiger charge is -2.09.